The average molecular weight is 295 g/mol. The van der Waals surface area contributed by atoms with Gasteiger partial charge >= 0.3 is 0 Å². The Labute approximate surface area is 108 Å². The maximum Gasteiger partial charge on any atom is 0.123 e. The maximum atomic E-state index is 13.0. The lowest BCUT2D eigenvalue weighted by Crippen LogP contribution is -2.03. The zero-order chi connectivity index (χ0) is 12.4. The Morgan fingerprint density at radius 1 is 1.12 bits per heavy atom. The van der Waals surface area contributed by atoms with Gasteiger partial charge in [0.1, 0.15) is 11.9 Å². The Kier molecular flexibility index (Phi) is 3.60. The van der Waals surface area contributed by atoms with Crippen LogP contribution in [-0.2, 0) is 0 Å². The molecular weight excluding hydrogens is 283 g/mol. The molecule has 1 nitrogen and oxygen atoms in total. The highest BCUT2D eigenvalue weighted by Crippen LogP contribution is 2.30. The van der Waals surface area contributed by atoms with E-state index in [1.807, 2.05) is 24.3 Å². The fourth-order valence-electron chi connectivity index (χ4n) is 1.81. The number of aliphatic hydroxyl groups excluding tert-OH is 1. The molecule has 1 atom stereocenters. The Hall–Kier alpha value is -1.19. The highest BCUT2D eigenvalue weighted by atomic mass is 79.9. The zero-order valence-corrected chi connectivity index (χ0v) is 10.9. The molecule has 2 aromatic rings. The van der Waals surface area contributed by atoms with E-state index < -0.39 is 6.10 Å². The molecule has 0 aliphatic carbocycles. The van der Waals surface area contributed by atoms with Gasteiger partial charge in [0.05, 0.1) is 0 Å². The van der Waals surface area contributed by atoms with E-state index in [2.05, 4.69) is 15.9 Å². The van der Waals surface area contributed by atoms with Crippen molar-refractivity contribution in [3.63, 3.8) is 0 Å². The number of aliphatic hydroxyl groups is 1. The number of halogens is 2. The molecule has 0 bridgehead atoms. The summed E-state index contributed by atoms with van der Waals surface area (Å²) in [4.78, 5) is 0. The molecule has 0 unspecified atom stereocenters. The molecule has 17 heavy (non-hydrogen) atoms. The highest BCUT2D eigenvalue weighted by Gasteiger charge is 2.15. The molecule has 0 amide bonds. The molecule has 1 N–H and O–H groups in total. The Morgan fingerprint density at radius 2 is 1.82 bits per heavy atom. The first kappa shape index (κ1) is 12.3. The van der Waals surface area contributed by atoms with Crippen LogP contribution in [0.5, 0.6) is 0 Å². The number of rotatable bonds is 2. The lowest BCUT2D eigenvalue weighted by Gasteiger charge is -2.15. The molecule has 2 rings (SSSR count). The van der Waals surface area contributed by atoms with Crippen molar-refractivity contribution < 1.29 is 9.50 Å². The van der Waals surface area contributed by atoms with Gasteiger partial charge in [0.25, 0.3) is 0 Å². The first-order valence-corrected chi connectivity index (χ1v) is 6.07. The van der Waals surface area contributed by atoms with Crippen LogP contribution in [0.1, 0.15) is 22.8 Å². The standard InChI is InChI=1S/C14H12BrFO/c1-9-8-10(16)6-7-11(9)14(17)12-4-2-3-5-13(12)15/h2-8,14,17H,1H3/t14-/m0/s1. The first-order chi connectivity index (χ1) is 8.09. The summed E-state index contributed by atoms with van der Waals surface area (Å²) in [5.41, 5.74) is 2.24. The van der Waals surface area contributed by atoms with E-state index in [0.29, 0.717) is 0 Å². The van der Waals surface area contributed by atoms with Gasteiger partial charge in [-0.1, -0.05) is 40.2 Å². The second-order valence-electron chi connectivity index (χ2n) is 3.92. The summed E-state index contributed by atoms with van der Waals surface area (Å²) in [6, 6.07) is 11.9. The van der Waals surface area contributed by atoms with E-state index in [0.717, 1.165) is 21.2 Å². The maximum absolute atomic E-state index is 13.0. The van der Waals surface area contributed by atoms with Crippen LogP contribution >= 0.6 is 15.9 Å². The lowest BCUT2D eigenvalue weighted by atomic mass is 9.97. The van der Waals surface area contributed by atoms with Crippen molar-refractivity contribution in [2.45, 2.75) is 13.0 Å². The smallest absolute Gasteiger partial charge is 0.123 e. The van der Waals surface area contributed by atoms with Crippen LogP contribution in [0.15, 0.2) is 46.9 Å². The first-order valence-electron chi connectivity index (χ1n) is 5.28. The minimum atomic E-state index is -0.744. The molecule has 0 heterocycles. The second kappa shape index (κ2) is 4.98. The normalized spacial score (nSPS) is 12.5. The summed E-state index contributed by atoms with van der Waals surface area (Å²) >= 11 is 3.40. The second-order valence-corrected chi connectivity index (χ2v) is 4.78. The Morgan fingerprint density at radius 3 is 2.47 bits per heavy atom. The predicted octanol–water partition coefficient (Wildman–Crippen LogP) is 3.98. The van der Waals surface area contributed by atoms with Crippen molar-refractivity contribution >= 4 is 15.9 Å². The minimum absolute atomic E-state index is 0.287. The van der Waals surface area contributed by atoms with Gasteiger partial charge in [-0.15, -0.1) is 0 Å². The monoisotopic (exact) mass is 294 g/mol. The van der Waals surface area contributed by atoms with Gasteiger partial charge in [0, 0.05) is 4.47 Å². The van der Waals surface area contributed by atoms with E-state index in [1.54, 1.807) is 13.0 Å². The van der Waals surface area contributed by atoms with Crippen molar-refractivity contribution in [1.29, 1.82) is 0 Å². The van der Waals surface area contributed by atoms with Crippen molar-refractivity contribution in [3.05, 3.63) is 69.4 Å². The third-order valence-electron chi connectivity index (χ3n) is 2.73. The molecular formula is C14H12BrFO. The van der Waals surface area contributed by atoms with Crippen LogP contribution in [0.3, 0.4) is 0 Å². The molecule has 3 heteroatoms. The van der Waals surface area contributed by atoms with Gasteiger partial charge in [-0.2, -0.15) is 0 Å². The molecule has 88 valence electrons. The summed E-state index contributed by atoms with van der Waals surface area (Å²) in [5, 5.41) is 10.3. The predicted molar refractivity (Wildman–Crippen MR) is 69.3 cm³/mol. The molecule has 0 aromatic heterocycles. The van der Waals surface area contributed by atoms with E-state index in [1.165, 1.54) is 12.1 Å². The molecule has 0 aliphatic heterocycles. The largest absolute Gasteiger partial charge is 0.384 e. The van der Waals surface area contributed by atoms with Gasteiger partial charge in [-0.25, -0.2) is 4.39 Å². The highest BCUT2D eigenvalue weighted by molar-refractivity contribution is 9.10. The summed E-state index contributed by atoms with van der Waals surface area (Å²) in [7, 11) is 0. The lowest BCUT2D eigenvalue weighted by molar-refractivity contribution is 0.218. The molecule has 0 saturated carbocycles. The number of aryl methyl sites for hydroxylation is 1. The molecule has 0 fully saturated rings. The van der Waals surface area contributed by atoms with Crippen LogP contribution in [0.4, 0.5) is 4.39 Å². The fourth-order valence-corrected chi connectivity index (χ4v) is 2.31. The van der Waals surface area contributed by atoms with E-state index in [9.17, 15) is 9.50 Å². The Balaban J connectivity index is 2.44. The van der Waals surface area contributed by atoms with Gasteiger partial charge in [0.15, 0.2) is 0 Å². The van der Waals surface area contributed by atoms with Crippen molar-refractivity contribution in [1.82, 2.24) is 0 Å². The summed E-state index contributed by atoms with van der Waals surface area (Å²) < 4.78 is 13.8. The molecule has 0 spiro atoms. The minimum Gasteiger partial charge on any atom is -0.384 e. The van der Waals surface area contributed by atoms with Crippen LogP contribution in [0.2, 0.25) is 0 Å². The Bertz CT molecular complexity index is 539. The molecule has 0 aliphatic rings. The van der Waals surface area contributed by atoms with Crippen LogP contribution in [-0.4, -0.2) is 5.11 Å². The quantitative estimate of drug-likeness (QED) is 0.888. The summed E-state index contributed by atoms with van der Waals surface area (Å²) in [6.07, 6.45) is -0.744. The van der Waals surface area contributed by atoms with Crippen LogP contribution in [0, 0.1) is 12.7 Å². The van der Waals surface area contributed by atoms with Crippen LogP contribution in [0.25, 0.3) is 0 Å². The van der Waals surface area contributed by atoms with Crippen LogP contribution < -0.4 is 0 Å². The van der Waals surface area contributed by atoms with Crippen molar-refractivity contribution in [3.8, 4) is 0 Å². The number of benzene rings is 2. The number of hydrogen-bond acceptors (Lipinski definition) is 1. The zero-order valence-electron chi connectivity index (χ0n) is 9.32. The molecule has 0 saturated heterocycles. The van der Waals surface area contributed by atoms with E-state index in [4.69, 9.17) is 0 Å². The summed E-state index contributed by atoms with van der Waals surface area (Å²) in [6.45, 7) is 1.79. The molecule has 2 aromatic carbocycles. The van der Waals surface area contributed by atoms with Gasteiger partial charge in [-0.3, -0.25) is 0 Å². The van der Waals surface area contributed by atoms with Gasteiger partial charge in [-0.05, 0) is 41.8 Å². The van der Waals surface area contributed by atoms with Crippen molar-refractivity contribution in [2.24, 2.45) is 0 Å². The van der Waals surface area contributed by atoms with Gasteiger partial charge in [0.2, 0.25) is 0 Å². The topological polar surface area (TPSA) is 20.2 Å². The SMILES string of the molecule is Cc1cc(F)ccc1[C@H](O)c1ccccc1Br. The number of hydrogen-bond donors (Lipinski definition) is 1. The van der Waals surface area contributed by atoms with E-state index in [-0.39, 0.29) is 5.82 Å². The van der Waals surface area contributed by atoms with Crippen molar-refractivity contribution in [2.75, 3.05) is 0 Å². The van der Waals surface area contributed by atoms with Gasteiger partial charge < -0.3 is 5.11 Å². The fraction of sp³-hybridized carbons (Fsp3) is 0.143. The average Bonchev–Trinajstić information content (AvgIpc) is 2.29. The third kappa shape index (κ3) is 2.56. The summed E-state index contributed by atoms with van der Waals surface area (Å²) in [5.74, 6) is -0.287. The van der Waals surface area contributed by atoms with E-state index >= 15 is 0 Å². The molecule has 0 radical (unpaired) electrons. The third-order valence-corrected chi connectivity index (χ3v) is 3.45.